The quantitative estimate of drug-likeness (QED) is 0.637. The molecule has 4 N–H and O–H groups in total. The van der Waals surface area contributed by atoms with Crippen molar-refractivity contribution in [2.75, 3.05) is 54.9 Å². The lowest BCUT2D eigenvalue weighted by Crippen LogP contribution is -2.43. The number of hydrogen-bond acceptors (Lipinski definition) is 5. The summed E-state index contributed by atoms with van der Waals surface area (Å²) in [4.78, 5) is 4.27. The number of nitrogens with two attached hydrogens (primary N) is 1. The molecule has 1 aliphatic heterocycles. The molecule has 0 spiro atoms. The van der Waals surface area contributed by atoms with Crippen molar-refractivity contribution in [3.8, 4) is 0 Å². The Morgan fingerprint density at radius 1 is 1.00 bits per heavy atom. The van der Waals surface area contributed by atoms with Crippen LogP contribution in [0.3, 0.4) is 0 Å². The monoisotopic (exact) mass is 237 g/mol. The van der Waals surface area contributed by atoms with Crippen molar-refractivity contribution in [1.82, 2.24) is 0 Å². The van der Waals surface area contributed by atoms with Crippen molar-refractivity contribution in [2.45, 2.75) is 0 Å². The van der Waals surface area contributed by atoms with Gasteiger partial charge in [0.25, 0.3) is 0 Å². The van der Waals surface area contributed by atoms with E-state index in [-0.39, 0.29) is 13.2 Å². The van der Waals surface area contributed by atoms with E-state index in [1.54, 1.807) is 0 Å². The molecule has 5 heteroatoms. The van der Waals surface area contributed by atoms with E-state index in [1.165, 1.54) is 0 Å². The lowest BCUT2D eigenvalue weighted by Gasteiger charge is -2.38. The van der Waals surface area contributed by atoms with Crippen LogP contribution in [0.1, 0.15) is 0 Å². The first-order valence-corrected chi connectivity index (χ1v) is 5.87. The molecule has 1 aromatic rings. The van der Waals surface area contributed by atoms with Crippen LogP contribution in [-0.4, -0.2) is 49.6 Å². The molecule has 0 unspecified atom stereocenters. The standard InChI is InChI=1S/C12H19N3O2/c13-10-1-2-11-12(9-10)15(6-8-17)4-3-14(11)5-7-16/h1-2,9,16-17H,3-8,13H2. The lowest BCUT2D eigenvalue weighted by molar-refractivity contribution is 0.296. The number of hydrogen-bond donors (Lipinski definition) is 3. The zero-order chi connectivity index (χ0) is 12.3. The average Bonchev–Trinajstić information content (AvgIpc) is 2.32. The summed E-state index contributed by atoms with van der Waals surface area (Å²) >= 11 is 0. The summed E-state index contributed by atoms with van der Waals surface area (Å²) in [5.41, 5.74) is 8.64. The predicted molar refractivity (Wildman–Crippen MR) is 69.5 cm³/mol. The summed E-state index contributed by atoms with van der Waals surface area (Å²) in [6, 6.07) is 5.77. The van der Waals surface area contributed by atoms with Gasteiger partial charge in [0.05, 0.1) is 24.6 Å². The number of fused-ring (bicyclic) bond motifs is 1. The third kappa shape index (κ3) is 2.45. The molecule has 0 bridgehead atoms. The molecule has 94 valence electrons. The van der Waals surface area contributed by atoms with Gasteiger partial charge in [-0.05, 0) is 18.2 Å². The highest BCUT2D eigenvalue weighted by Crippen LogP contribution is 2.34. The van der Waals surface area contributed by atoms with E-state index in [0.29, 0.717) is 13.1 Å². The summed E-state index contributed by atoms with van der Waals surface area (Å²) in [5, 5.41) is 18.1. The van der Waals surface area contributed by atoms with Gasteiger partial charge in [-0.25, -0.2) is 0 Å². The highest BCUT2D eigenvalue weighted by Gasteiger charge is 2.21. The molecule has 1 heterocycles. The van der Waals surface area contributed by atoms with Crippen LogP contribution in [0, 0.1) is 0 Å². The second kappa shape index (κ2) is 5.25. The maximum atomic E-state index is 9.06. The molecule has 2 rings (SSSR count). The van der Waals surface area contributed by atoms with Crippen molar-refractivity contribution in [3.05, 3.63) is 18.2 Å². The zero-order valence-electron chi connectivity index (χ0n) is 9.84. The maximum absolute atomic E-state index is 9.06. The van der Waals surface area contributed by atoms with E-state index in [9.17, 15) is 0 Å². The molecule has 1 aromatic carbocycles. The average molecular weight is 237 g/mol. The molecule has 0 saturated heterocycles. The minimum atomic E-state index is 0.133. The topological polar surface area (TPSA) is 73.0 Å². The van der Waals surface area contributed by atoms with Crippen molar-refractivity contribution >= 4 is 17.1 Å². The molecule has 0 aromatic heterocycles. The minimum Gasteiger partial charge on any atom is -0.399 e. The number of aliphatic hydroxyl groups excluding tert-OH is 2. The first kappa shape index (κ1) is 12.0. The number of nitrogen functional groups attached to an aromatic ring is 1. The van der Waals surface area contributed by atoms with Crippen molar-refractivity contribution < 1.29 is 10.2 Å². The Kier molecular flexibility index (Phi) is 3.71. The van der Waals surface area contributed by atoms with Crippen LogP contribution in [0.15, 0.2) is 18.2 Å². The Morgan fingerprint density at radius 3 is 2.18 bits per heavy atom. The number of benzene rings is 1. The lowest BCUT2D eigenvalue weighted by atomic mass is 10.1. The van der Waals surface area contributed by atoms with Gasteiger partial charge in [0.15, 0.2) is 0 Å². The van der Waals surface area contributed by atoms with E-state index >= 15 is 0 Å². The van der Waals surface area contributed by atoms with Gasteiger partial charge in [-0.3, -0.25) is 0 Å². The Bertz CT molecular complexity index is 384. The van der Waals surface area contributed by atoms with Crippen molar-refractivity contribution in [3.63, 3.8) is 0 Å². The summed E-state index contributed by atoms with van der Waals surface area (Å²) < 4.78 is 0. The SMILES string of the molecule is Nc1ccc2c(c1)N(CCO)CCN2CCO. The van der Waals surface area contributed by atoms with Gasteiger partial charge in [-0.15, -0.1) is 0 Å². The summed E-state index contributed by atoms with van der Waals surface area (Å²) in [6.07, 6.45) is 0. The van der Waals surface area contributed by atoms with Crippen LogP contribution in [0.5, 0.6) is 0 Å². The largest absolute Gasteiger partial charge is 0.399 e. The molecule has 0 saturated carbocycles. The number of nitrogens with zero attached hydrogens (tertiary/aromatic N) is 2. The molecule has 5 nitrogen and oxygen atoms in total. The van der Waals surface area contributed by atoms with E-state index in [4.69, 9.17) is 15.9 Å². The molecule has 0 aliphatic carbocycles. The number of rotatable bonds is 4. The fourth-order valence-electron chi connectivity index (χ4n) is 2.25. The van der Waals surface area contributed by atoms with Crippen molar-refractivity contribution in [2.24, 2.45) is 0 Å². The smallest absolute Gasteiger partial charge is 0.0626 e. The molecule has 1 aliphatic rings. The highest BCUT2D eigenvalue weighted by molar-refractivity contribution is 5.77. The third-order valence-corrected chi connectivity index (χ3v) is 3.06. The molecular formula is C12H19N3O2. The van der Waals surface area contributed by atoms with Gasteiger partial charge in [0, 0.05) is 31.9 Å². The fourth-order valence-corrected chi connectivity index (χ4v) is 2.25. The van der Waals surface area contributed by atoms with Gasteiger partial charge >= 0.3 is 0 Å². The van der Waals surface area contributed by atoms with Crippen LogP contribution in [-0.2, 0) is 0 Å². The van der Waals surface area contributed by atoms with Crippen LogP contribution < -0.4 is 15.5 Å². The molecule has 0 fully saturated rings. The van der Waals surface area contributed by atoms with Gasteiger partial charge in [0.1, 0.15) is 0 Å². The molecule has 17 heavy (non-hydrogen) atoms. The fraction of sp³-hybridized carbons (Fsp3) is 0.500. The molecule has 0 amide bonds. The van der Waals surface area contributed by atoms with Crippen molar-refractivity contribution in [1.29, 1.82) is 0 Å². The minimum absolute atomic E-state index is 0.133. The molecular weight excluding hydrogens is 218 g/mol. The third-order valence-electron chi connectivity index (χ3n) is 3.06. The normalized spacial score (nSPS) is 14.9. The Hall–Kier alpha value is -1.46. The highest BCUT2D eigenvalue weighted by atomic mass is 16.3. The van der Waals surface area contributed by atoms with Gasteiger partial charge in [-0.2, -0.15) is 0 Å². The van der Waals surface area contributed by atoms with Gasteiger partial charge in [-0.1, -0.05) is 0 Å². The van der Waals surface area contributed by atoms with E-state index < -0.39 is 0 Å². The zero-order valence-corrected chi connectivity index (χ0v) is 9.84. The van der Waals surface area contributed by atoms with E-state index in [1.807, 2.05) is 18.2 Å². The Morgan fingerprint density at radius 2 is 1.59 bits per heavy atom. The summed E-state index contributed by atoms with van der Waals surface area (Å²) in [5.74, 6) is 0. The van der Waals surface area contributed by atoms with Crippen LogP contribution in [0.2, 0.25) is 0 Å². The van der Waals surface area contributed by atoms with Gasteiger partial charge in [0.2, 0.25) is 0 Å². The molecule has 0 radical (unpaired) electrons. The molecule has 0 atom stereocenters. The first-order valence-electron chi connectivity index (χ1n) is 5.87. The summed E-state index contributed by atoms with van der Waals surface area (Å²) in [7, 11) is 0. The number of anilines is 3. The van der Waals surface area contributed by atoms with Crippen LogP contribution in [0.4, 0.5) is 17.1 Å². The Balaban J connectivity index is 2.31. The predicted octanol–water partition coefficient (Wildman–Crippen LogP) is -0.120. The second-order valence-corrected chi connectivity index (χ2v) is 4.17. The number of β-amino-alcohol motifs (C(OH)–C–C–N with tert-alkyl or cyclic N) is 2. The van der Waals surface area contributed by atoms with E-state index in [2.05, 4.69) is 9.80 Å². The second-order valence-electron chi connectivity index (χ2n) is 4.17. The van der Waals surface area contributed by atoms with Gasteiger partial charge < -0.3 is 25.7 Å². The van der Waals surface area contributed by atoms with Crippen LogP contribution >= 0.6 is 0 Å². The maximum Gasteiger partial charge on any atom is 0.0626 e. The van der Waals surface area contributed by atoms with Crippen LogP contribution in [0.25, 0.3) is 0 Å². The van der Waals surface area contributed by atoms with E-state index in [0.717, 1.165) is 30.2 Å². The number of aliphatic hydroxyl groups is 2. The Labute approximate surface area is 101 Å². The summed E-state index contributed by atoms with van der Waals surface area (Å²) in [6.45, 7) is 3.22. The first-order chi connectivity index (χ1) is 8.26.